The second-order valence-electron chi connectivity index (χ2n) is 7.95. The first-order valence-electron chi connectivity index (χ1n) is 11.0. The number of carbonyl (C=O) groups excluding carboxylic acids is 1. The first-order chi connectivity index (χ1) is 17.8. The van der Waals surface area contributed by atoms with E-state index >= 15 is 0 Å². The van der Waals surface area contributed by atoms with Crippen molar-refractivity contribution in [1.29, 1.82) is 0 Å². The van der Waals surface area contributed by atoms with E-state index in [0.29, 0.717) is 28.2 Å². The molecule has 5 aromatic rings. The van der Waals surface area contributed by atoms with Crippen molar-refractivity contribution in [3.05, 3.63) is 96.4 Å². The number of anilines is 3. The molecule has 0 aliphatic heterocycles. The molecule has 0 spiro atoms. The van der Waals surface area contributed by atoms with Crippen LogP contribution in [0.5, 0.6) is 5.75 Å². The number of carbonyl (C=O) groups is 1. The number of aromatic nitrogens is 4. The van der Waals surface area contributed by atoms with Crippen molar-refractivity contribution < 1.29 is 22.7 Å². The SMILES string of the molecule is COc1ccc(-n2ncc3c(Nc4cccc(NC(=O)c5cccc(C(F)(F)F)c5)c4)ncnc32)cc1. The number of hydrogen-bond acceptors (Lipinski definition) is 6. The molecule has 0 unspecified atom stereocenters. The van der Waals surface area contributed by atoms with Gasteiger partial charge < -0.3 is 15.4 Å². The molecule has 1 amide bonds. The summed E-state index contributed by atoms with van der Waals surface area (Å²) in [6.07, 6.45) is -1.49. The highest BCUT2D eigenvalue weighted by Gasteiger charge is 2.30. The number of rotatable bonds is 6. The average Bonchev–Trinajstić information content (AvgIpc) is 3.34. The number of halogens is 3. The molecule has 0 bridgehead atoms. The van der Waals surface area contributed by atoms with Crippen LogP contribution in [0.1, 0.15) is 15.9 Å². The number of benzene rings is 3. The summed E-state index contributed by atoms with van der Waals surface area (Å²) in [5.41, 5.74) is 1.37. The van der Waals surface area contributed by atoms with Crippen LogP contribution in [-0.4, -0.2) is 32.8 Å². The summed E-state index contributed by atoms with van der Waals surface area (Å²) >= 11 is 0. The van der Waals surface area contributed by atoms with Crippen molar-refractivity contribution in [2.24, 2.45) is 0 Å². The molecule has 8 nitrogen and oxygen atoms in total. The molecule has 2 N–H and O–H groups in total. The zero-order valence-corrected chi connectivity index (χ0v) is 19.3. The first kappa shape index (κ1) is 23.8. The van der Waals surface area contributed by atoms with E-state index in [1.54, 1.807) is 42.3 Å². The highest BCUT2D eigenvalue weighted by molar-refractivity contribution is 6.04. The fourth-order valence-corrected chi connectivity index (χ4v) is 3.71. The van der Waals surface area contributed by atoms with Crippen LogP contribution in [0.4, 0.5) is 30.4 Å². The third kappa shape index (κ3) is 5.06. The van der Waals surface area contributed by atoms with Gasteiger partial charge >= 0.3 is 6.18 Å². The van der Waals surface area contributed by atoms with Crippen molar-refractivity contribution in [2.45, 2.75) is 6.18 Å². The number of amides is 1. The Morgan fingerprint density at radius 1 is 0.946 bits per heavy atom. The number of methoxy groups -OCH3 is 1. The summed E-state index contributed by atoms with van der Waals surface area (Å²) in [7, 11) is 1.59. The van der Waals surface area contributed by atoms with E-state index in [9.17, 15) is 18.0 Å². The van der Waals surface area contributed by atoms with Crippen LogP contribution in [-0.2, 0) is 6.18 Å². The number of fused-ring (bicyclic) bond motifs is 1. The third-order valence-corrected chi connectivity index (χ3v) is 5.52. The molecule has 0 aliphatic carbocycles. The van der Waals surface area contributed by atoms with Gasteiger partial charge in [-0.05, 0) is 60.7 Å². The summed E-state index contributed by atoms with van der Waals surface area (Å²) in [6, 6.07) is 18.4. The summed E-state index contributed by atoms with van der Waals surface area (Å²) in [5.74, 6) is 0.553. The Kier molecular flexibility index (Phi) is 6.18. The van der Waals surface area contributed by atoms with E-state index < -0.39 is 17.6 Å². The van der Waals surface area contributed by atoms with Crippen LogP contribution in [0.3, 0.4) is 0 Å². The highest BCUT2D eigenvalue weighted by Crippen LogP contribution is 2.30. The van der Waals surface area contributed by atoms with Crippen molar-refractivity contribution in [3.63, 3.8) is 0 Å². The maximum atomic E-state index is 13.0. The van der Waals surface area contributed by atoms with E-state index in [0.717, 1.165) is 23.6 Å². The van der Waals surface area contributed by atoms with Crippen molar-refractivity contribution in [2.75, 3.05) is 17.7 Å². The van der Waals surface area contributed by atoms with Crippen molar-refractivity contribution >= 4 is 34.1 Å². The van der Waals surface area contributed by atoms with Gasteiger partial charge in [0.25, 0.3) is 5.91 Å². The lowest BCUT2D eigenvalue weighted by Crippen LogP contribution is -2.14. The molecule has 3 aromatic carbocycles. The van der Waals surface area contributed by atoms with Gasteiger partial charge in [0.05, 0.1) is 29.9 Å². The van der Waals surface area contributed by atoms with Gasteiger partial charge in [-0.2, -0.15) is 18.3 Å². The lowest BCUT2D eigenvalue weighted by Gasteiger charge is -2.11. The predicted molar refractivity (Wildman–Crippen MR) is 132 cm³/mol. The Labute approximate surface area is 208 Å². The molecular weight excluding hydrogens is 485 g/mol. The topological polar surface area (TPSA) is 94.0 Å². The minimum atomic E-state index is -4.54. The average molecular weight is 504 g/mol. The lowest BCUT2D eigenvalue weighted by molar-refractivity contribution is -0.137. The van der Waals surface area contributed by atoms with Crippen LogP contribution in [0.25, 0.3) is 16.7 Å². The molecule has 0 saturated carbocycles. The van der Waals surface area contributed by atoms with Gasteiger partial charge in [0.2, 0.25) is 0 Å². The van der Waals surface area contributed by atoms with Gasteiger partial charge in [0.15, 0.2) is 5.65 Å². The molecule has 5 rings (SSSR count). The van der Waals surface area contributed by atoms with Gasteiger partial charge in [-0.25, -0.2) is 14.6 Å². The fourth-order valence-electron chi connectivity index (χ4n) is 3.71. The number of nitrogens with one attached hydrogen (secondary N) is 2. The Morgan fingerprint density at radius 3 is 2.46 bits per heavy atom. The van der Waals surface area contributed by atoms with Crippen molar-refractivity contribution in [3.8, 4) is 11.4 Å². The molecule has 0 fully saturated rings. The maximum Gasteiger partial charge on any atom is 0.416 e. The monoisotopic (exact) mass is 504 g/mol. The Bertz CT molecular complexity index is 1580. The number of ether oxygens (including phenoxy) is 1. The molecule has 0 atom stereocenters. The van der Waals surface area contributed by atoms with Crippen LogP contribution in [0.2, 0.25) is 0 Å². The molecule has 186 valence electrons. The second kappa shape index (κ2) is 9.61. The normalized spacial score (nSPS) is 11.4. The summed E-state index contributed by atoms with van der Waals surface area (Å²) in [4.78, 5) is 21.3. The Hall–Kier alpha value is -4.93. The van der Waals surface area contributed by atoms with Crippen LogP contribution < -0.4 is 15.4 Å². The van der Waals surface area contributed by atoms with Gasteiger partial charge in [0.1, 0.15) is 17.9 Å². The van der Waals surface area contributed by atoms with Crippen molar-refractivity contribution in [1.82, 2.24) is 19.7 Å². The first-order valence-corrected chi connectivity index (χ1v) is 11.0. The molecule has 11 heteroatoms. The summed E-state index contributed by atoms with van der Waals surface area (Å²) in [5, 5.41) is 10.9. The van der Waals surface area contributed by atoms with Crippen LogP contribution >= 0.6 is 0 Å². The maximum absolute atomic E-state index is 13.0. The van der Waals surface area contributed by atoms with E-state index in [4.69, 9.17) is 4.74 Å². The van der Waals surface area contributed by atoms with E-state index in [-0.39, 0.29) is 5.56 Å². The quantitative estimate of drug-likeness (QED) is 0.302. The minimum Gasteiger partial charge on any atom is -0.497 e. The van der Waals surface area contributed by atoms with E-state index in [2.05, 4.69) is 25.7 Å². The predicted octanol–water partition coefficient (Wildman–Crippen LogP) is 5.84. The van der Waals surface area contributed by atoms with Gasteiger partial charge in [0, 0.05) is 16.9 Å². The van der Waals surface area contributed by atoms with Gasteiger partial charge in [-0.15, -0.1) is 0 Å². The van der Waals surface area contributed by atoms with Gasteiger partial charge in [-0.3, -0.25) is 4.79 Å². The van der Waals surface area contributed by atoms with E-state index in [1.165, 1.54) is 18.5 Å². The molecule has 0 aliphatic rings. The van der Waals surface area contributed by atoms with E-state index in [1.807, 2.05) is 24.3 Å². The standard InChI is InChI=1S/C26H19F3N6O2/c1-37-21-10-8-20(9-11-21)35-24-22(14-32-35)23(30-15-31-24)33-18-6-3-7-19(13-18)34-25(36)16-4-2-5-17(12-16)26(27,28)29/h2-15H,1H3,(H,34,36)(H,30,31,33). The third-order valence-electron chi connectivity index (χ3n) is 5.52. The second-order valence-corrected chi connectivity index (χ2v) is 7.95. The number of alkyl halides is 3. The molecule has 2 heterocycles. The van der Waals surface area contributed by atoms with Gasteiger partial charge in [-0.1, -0.05) is 12.1 Å². The molecule has 2 aromatic heterocycles. The van der Waals surface area contributed by atoms with Crippen LogP contribution in [0.15, 0.2) is 85.3 Å². The summed E-state index contributed by atoms with van der Waals surface area (Å²) in [6.45, 7) is 0. The smallest absolute Gasteiger partial charge is 0.416 e. The lowest BCUT2D eigenvalue weighted by atomic mass is 10.1. The molecule has 0 radical (unpaired) electrons. The molecule has 37 heavy (non-hydrogen) atoms. The fraction of sp³-hybridized carbons (Fsp3) is 0.0769. The minimum absolute atomic E-state index is 0.100. The Balaban J connectivity index is 1.37. The zero-order chi connectivity index (χ0) is 26.0. The highest BCUT2D eigenvalue weighted by atomic mass is 19.4. The summed E-state index contributed by atoms with van der Waals surface area (Å²) < 4.78 is 45.9. The van der Waals surface area contributed by atoms with Crippen LogP contribution in [0, 0.1) is 0 Å². The number of hydrogen-bond donors (Lipinski definition) is 2. The molecule has 0 saturated heterocycles. The Morgan fingerprint density at radius 2 is 1.70 bits per heavy atom. The zero-order valence-electron chi connectivity index (χ0n) is 19.3. The largest absolute Gasteiger partial charge is 0.497 e. The molecular formula is C26H19F3N6O2. The number of nitrogens with zero attached hydrogens (tertiary/aromatic N) is 4.